The van der Waals surface area contributed by atoms with Crippen LogP contribution in [-0.2, 0) is 4.74 Å². The van der Waals surface area contributed by atoms with Gasteiger partial charge in [0.15, 0.2) is 0 Å². The lowest BCUT2D eigenvalue weighted by atomic mass is 10.3. The molecule has 13 heavy (non-hydrogen) atoms. The minimum absolute atomic E-state index is 0.229. The predicted molar refractivity (Wildman–Crippen MR) is 36.1 cm³/mol. The lowest BCUT2D eigenvalue weighted by Gasteiger charge is -2.16. The van der Waals surface area contributed by atoms with E-state index < -0.39 is 24.1 Å². The first kappa shape index (κ1) is 12.2. The molecule has 0 aliphatic heterocycles. The van der Waals surface area contributed by atoms with Crippen molar-refractivity contribution in [1.82, 2.24) is 0 Å². The Morgan fingerprint density at radius 2 is 1.77 bits per heavy atom. The first-order valence-electron chi connectivity index (χ1n) is 3.58. The second kappa shape index (κ2) is 4.43. The van der Waals surface area contributed by atoms with Gasteiger partial charge in [-0.05, 0) is 13.3 Å². The minimum Gasteiger partial charge on any atom is -0.482 e. The SMILES string of the molecule is CCC(C)OC(=C(F)F)C(F)(F)F. The Labute approximate surface area is 72.2 Å². The predicted octanol–water partition coefficient (Wildman–Crippen LogP) is 3.47. The van der Waals surface area contributed by atoms with Crippen LogP contribution in [0.2, 0.25) is 0 Å². The van der Waals surface area contributed by atoms with Crippen LogP contribution in [0.25, 0.3) is 0 Å². The zero-order valence-electron chi connectivity index (χ0n) is 7.08. The molecule has 0 saturated carbocycles. The normalized spacial score (nSPS) is 13.8. The van der Waals surface area contributed by atoms with E-state index in [4.69, 9.17) is 0 Å². The topological polar surface area (TPSA) is 9.23 Å². The summed E-state index contributed by atoms with van der Waals surface area (Å²) in [5.41, 5.74) is 0. The van der Waals surface area contributed by atoms with Gasteiger partial charge in [0.05, 0.1) is 6.10 Å². The number of rotatable bonds is 3. The molecule has 0 aromatic carbocycles. The van der Waals surface area contributed by atoms with Crippen molar-refractivity contribution in [2.45, 2.75) is 32.5 Å². The van der Waals surface area contributed by atoms with E-state index in [-0.39, 0.29) is 6.42 Å². The maximum absolute atomic E-state index is 11.8. The van der Waals surface area contributed by atoms with Crippen LogP contribution in [-0.4, -0.2) is 12.3 Å². The number of allylic oxidation sites excluding steroid dienone is 1. The third-order valence-corrected chi connectivity index (χ3v) is 1.32. The van der Waals surface area contributed by atoms with Crippen LogP contribution in [0, 0.1) is 0 Å². The van der Waals surface area contributed by atoms with Crippen LogP contribution >= 0.6 is 0 Å². The smallest absolute Gasteiger partial charge is 0.454 e. The van der Waals surface area contributed by atoms with Gasteiger partial charge < -0.3 is 4.74 Å². The summed E-state index contributed by atoms with van der Waals surface area (Å²) in [5.74, 6) is -2.19. The van der Waals surface area contributed by atoms with Gasteiger partial charge in [-0.3, -0.25) is 0 Å². The van der Waals surface area contributed by atoms with Gasteiger partial charge in [0.1, 0.15) is 0 Å². The molecule has 0 saturated heterocycles. The molecule has 1 unspecified atom stereocenters. The van der Waals surface area contributed by atoms with Crippen molar-refractivity contribution in [3.8, 4) is 0 Å². The summed E-state index contributed by atoms with van der Waals surface area (Å²) in [7, 11) is 0. The molecular weight excluding hydrogens is 195 g/mol. The molecule has 0 rings (SSSR count). The standard InChI is InChI=1S/C7H9F5O/c1-3-4(2)13-5(6(8)9)7(10,11)12/h4H,3H2,1-2H3. The fourth-order valence-corrected chi connectivity index (χ4v) is 0.503. The van der Waals surface area contributed by atoms with Crippen LogP contribution < -0.4 is 0 Å². The highest BCUT2D eigenvalue weighted by Gasteiger charge is 2.41. The Morgan fingerprint density at radius 3 is 2.00 bits per heavy atom. The molecule has 0 aromatic rings. The van der Waals surface area contributed by atoms with Crippen LogP contribution in [0.3, 0.4) is 0 Å². The Morgan fingerprint density at radius 1 is 1.31 bits per heavy atom. The van der Waals surface area contributed by atoms with Gasteiger partial charge in [-0.1, -0.05) is 6.92 Å². The lowest BCUT2D eigenvalue weighted by molar-refractivity contribution is -0.144. The van der Waals surface area contributed by atoms with E-state index in [0.717, 1.165) is 0 Å². The van der Waals surface area contributed by atoms with Crippen molar-refractivity contribution in [3.05, 3.63) is 11.8 Å². The summed E-state index contributed by atoms with van der Waals surface area (Å²) in [6.07, 6.45) is -8.61. The summed E-state index contributed by atoms with van der Waals surface area (Å²) in [4.78, 5) is 0. The number of hydrogen-bond donors (Lipinski definition) is 0. The van der Waals surface area contributed by atoms with E-state index in [1.54, 1.807) is 0 Å². The maximum atomic E-state index is 11.8. The van der Waals surface area contributed by atoms with E-state index in [1.165, 1.54) is 13.8 Å². The average Bonchev–Trinajstić information content (AvgIpc) is 1.96. The largest absolute Gasteiger partial charge is 0.482 e. The molecule has 0 bridgehead atoms. The highest BCUT2D eigenvalue weighted by molar-refractivity contribution is 5.01. The molecule has 6 heteroatoms. The molecule has 0 heterocycles. The number of halogens is 5. The first-order valence-corrected chi connectivity index (χ1v) is 3.58. The zero-order valence-corrected chi connectivity index (χ0v) is 7.08. The van der Waals surface area contributed by atoms with Crippen molar-refractivity contribution in [2.24, 2.45) is 0 Å². The zero-order chi connectivity index (χ0) is 10.6. The highest BCUT2D eigenvalue weighted by Crippen LogP contribution is 2.31. The maximum Gasteiger partial charge on any atom is 0.454 e. The minimum atomic E-state index is -5.12. The molecule has 0 fully saturated rings. The van der Waals surface area contributed by atoms with Gasteiger partial charge in [-0.15, -0.1) is 0 Å². The fourth-order valence-electron chi connectivity index (χ4n) is 0.503. The van der Waals surface area contributed by atoms with Crippen molar-refractivity contribution in [3.63, 3.8) is 0 Å². The summed E-state index contributed by atoms with van der Waals surface area (Å²) in [5, 5.41) is 0. The van der Waals surface area contributed by atoms with Gasteiger partial charge >= 0.3 is 12.3 Å². The molecule has 0 aliphatic rings. The molecule has 0 amide bonds. The van der Waals surface area contributed by atoms with Crippen LogP contribution in [0.15, 0.2) is 11.8 Å². The summed E-state index contributed by atoms with van der Waals surface area (Å²) >= 11 is 0. The molecule has 0 N–H and O–H groups in total. The molecule has 78 valence electrons. The average molecular weight is 204 g/mol. The molecule has 0 aliphatic carbocycles. The van der Waals surface area contributed by atoms with E-state index in [1.807, 2.05) is 0 Å². The highest BCUT2D eigenvalue weighted by atomic mass is 19.4. The third-order valence-electron chi connectivity index (χ3n) is 1.32. The van der Waals surface area contributed by atoms with E-state index in [2.05, 4.69) is 4.74 Å². The molecular formula is C7H9F5O. The van der Waals surface area contributed by atoms with Crippen molar-refractivity contribution in [2.75, 3.05) is 0 Å². The van der Waals surface area contributed by atoms with Crippen molar-refractivity contribution < 1.29 is 26.7 Å². The molecule has 0 radical (unpaired) electrons. The molecule has 0 aromatic heterocycles. The second-order valence-corrected chi connectivity index (χ2v) is 2.42. The number of hydrogen-bond acceptors (Lipinski definition) is 1. The Hall–Kier alpha value is -0.810. The van der Waals surface area contributed by atoms with Gasteiger partial charge in [-0.2, -0.15) is 22.0 Å². The Bertz CT molecular complexity index is 192. The molecule has 0 spiro atoms. The Kier molecular flexibility index (Phi) is 4.16. The first-order chi connectivity index (χ1) is 5.79. The summed E-state index contributed by atoms with van der Waals surface area (Å²) in [6, 6.07) is 0. The number of alkyl halides is 3. The number of ether oxygens (including phenoxy) is 1. The fraction of sp³-hybridized carbons (Fsp3) is 0.714. The quantitative estimate of drug-likeness (QED) is 0.505. The second-order valence-electron chi connectivity index (χ2n) is 2.42. The van der Waals surface area contributed by atoms with Crippen LogP contribution in [0.4, 0.5) is 22.0 Å². The Balaban J connectivity index is 4.59. The van der Waals surface area contributed by atoms with Gasteiger partial charge in [0.25, 0.3) is 5.76 Å². The molecule has 1 atom stereocenters. The van der Waals surface area contributed by atoms with Gasteiger partial charge in [-0.25, -0.2) is 0 Å². The van der Waals surface area contributed by atoms with E-state index in [9.17, 15) is 22.0 Å². The van der Waals surface area contributed by atoms with Gasteiger partial charge in [0.2, 0.25) is 0 Å². The van der Waals surface area contributed by atoms with E-state index >= 15 is 0 Å². The lowest BCUT2D eigenvalue weighted by Crippen LogP contribution is -2.20. The summed E-state index contributed by atoms with van der Waals surface area (Å²) in [6.45, 7) is 2.82. The van der Waals surface area contributed by atoms with Crippen molar-refractivity contribution in [1.29, 1.82) is 0 Å². The van der Waals surface area contributed by atoms with E-state index in [0.29, 0.717) is 0 Å². The third kappa shape index (κ3) is 4.10. The van der Waals surface area contributed by atoms with Crippen LogP contribution in [0.5, 0.6) is 0 Å². The van der Waals surface area contributed by atoms with Crippen LogP contribution in [0.1, 0.15) is 20.3 Å². The van der Waals surface area contributed by atoms with Gasteiger partial charge in [0, 0.05) is 0 Å². The summed E-state index contributed by atoms with van der Waals surface area (Å²) < 4.78 is 62.9. The monoisotopic (exact) mass is 204 g/mol. The van der Waals surface area contributed by atoms with Crippen molar-refractivity contribution >= 4 is 0 Å². The molecule has 1 nitrogen and oxygen atoms in total.